The van der Waals surface area contributed by atoms with Gasteiger partial charge in [-0.05, 0) is 104 Å². The highest BCUT2D eigenvalue weighted by Gasteiger charge is 2.36. The van der Waals surface area contributed by atoms with Crippen LogP contribution in [-0.2, 0) is 5.41 Å². The summed E-state index contributed by atoms with van der Waals surface area (Å²) in [5.74, 6) is 1.98. The predicted octanol–water partition coefficient (Wildman–Crippen LogP) is 13.6. The Kier molecular flexibility index (Phi) is 5.80. The molecule has 0 fully saturated rings. The van der Waals surface area contributed by atoms with Gasteiger partial charge in [0.15, 0.2) is 0 Å². The molecule has 292 valence electrons. The second kappa shape index (κ2) is 13.0. The number of aromatic nitrogens is 4. The maximum Gasteiger partial charge on any atom is 0.269 e. The number of rotatable bonds is 4. The average Bonchev–Trinajstić information content (AvgIpc) is 4.01. The predicted molar refractivity (Wildman–Crippen MR) is 250 cm³/mol. The van der Waals surface area contributed by atoms with Gasteiger partial charge in [0.05, 0.1) is 44.4 Å². The molecule has 11 aromatic rings. The number of ether oxygens (including phenoxy) is 1. The quantitative estimate of drug-likeness (QED) is 0.131. The van der Waals surface area contributed by atoms with Crippen LogP contribution in [0.4, 0.5) is 0 Å². The van der Waals surface area contributed by atoms with Gasteiger partial charge in [-0.1, -0.05) is 147 Å². The monoisotopic (exact) mass is 802 g/mol. The molecule has 0 unspecified atom stereocenters. The summed E-state index contributed by atoms with van der Waals surface area (Å²) in [5.41, 5.74) is 10.2. The molecule has 13 rings (SSSR count). The first-order valence-electron chi connectivity index (χ1n) is 24.6. The van der Waals surface area contributed by atoms with Crippen molar-refractivity contribution in [3.05, 3.63) is 212 Å². The molecule has 0 N–H and O–H groups in total. The van der Waals surface area contributed by atoms with Crippen molar-refractivity contribution in [2.45, 2.75) is 19.3 Å². The van der Waals surface area contributed by atoms with Gasteiger partial charge in [0.2, 0.25) is 0 Å². The number of para-hydroxylation sites is 3. The third-order valence-corrected chi connectivity index (χ3v) is 12.6. The summed E-state index contributed by atoms with van der Waals surface area (Å²) >= 11 is 0. The van der Waals surface area contributed by atoms with Crippen molar-refractivity contribution >= 4 is 32.8 Å². The van der Waals surface area contributed by atoms with Crippen molar-refractivity contribution in [3.63, 3.8) is 0 Å². The molecule has 0 saturated heterocycles. The van der Waals surface area contributed by atoms with Gasteiger partial charge in [-0.25, -0.2) is 4.98 Å². The minimum absolute atomic E-state index is 0.00200. The first-order valence-corrected chi connectivity index (χ1v) is 20.6. The van der Waals surface area contributed by atoms with E-state index in [-0.39, 0.29) is 39.8 Å². The molecule has 0 saturated carbocycles. The van der Waals surface area contributed by atoms with Gasteiger partial charge in [0.1, 0.15) is 17.3 Å². The van der Waals surface area contributed by atoms with Crippen LogP contribution in [0, 0.1) is 6.33 Å². The summed E-state index contributed by atoms with van der Waals surface area (Å²) < 4.78 is 84.9. The number of nitrogens with zero attached hydrogens (tertiary/aromatic N) is 4. The van der Waals surface area contributed by atoms with E-state index in [1.54, 1.807) is 18.2 Å². The standard InChI is InChI=1S/C57H38N4O/c1-57(2)49-25-10-7-21-43(49)48-33-55(58-34-50(48)57)61-52-27-12-9-23-45(52)46-30-29-38(32-54(46)61)62-37-16-13-15-36(31-37)59-35-60-51-26-11-8-22-44(51)41-19-5-3-17-39(41)40-18-4-6-20-42(40)47-24-14-28-53(59)56(47)60/h3-34H,1-2H3/i3D,4D,5D,6D,17D,18D,19D,20D. The van der Waals surface area contributed by atoms with Crippen LogP contribution in [0.5, 0.6) is 11.5 Å². The van der Waals surface area contributed by atoms with Gasteiger partial charge in [-0.15, -0.1) is 0 Å². The molecular formula is C57H38N4O. The fourth-order valence-electron chi connectivity index (χ4n) is 9.79. The molecule has 8 aromatic carbocycles. The molecule has 0 atom stereocenters. The molecule has 5 heteroatoms. The van der Waals surface area contributed by atoms with E-state index in [0.717, 1.165) is 27.6 Å². The summed E-state index contributed by atoms with van der Waals surface area (Å²) in [6.07, 6.45) is 5.57. The average molecular weight is 803 g/mol. The Morgan fingerprint density at radius 2 is 1.19 bits per heavy atom. The van der Waals surface area contributed by atoms with Gasteiger partial charge in [0, 0.05) is 28.5 Å². The van der Waals surface area contributed by atoms with Crippen molar-refractivity contribution in [3.8, 4) is 73.2 Å². The normalized spacial score (nSPS) is 14.9. The SMILES string of the molecule is [2H]c1c([2H])c([2H])c2c(c1[2H])-c1ccccc1-[n+]1[c-]n(-c3cccc(Oc4ccc5c6ccccc6n(-c6cc7c(cn6)C(C)(C)c6ccccc6-7)c5c4)c3)c3cccc(c31)-c1c([2H])c([2H])c([2H])c([2H])c1-2. The molecule has 5 nitrogen and oxygen atoms in total. The third kappa shape index (κ3) is 4.96. The largest absolute Gasteiger partial charge is 0.458 e. The molecule has 0 radical (unpaired) electrons. The molecule has 2 aliphatic rings. The van der Waals surface area contributed by atoms with Gasteiger partial charge in [0.25, 0.3) is 6.33 Å². The maximum absolute atomic E-state index is 9.37. The molecule has 3 aromatic heterocycles. The lowest BCUT2D eigenvalue weighted by atomic mass is 9.83. The molecule has 62 heavy (non-hydrogen) atoms. The first kappa shape index (κ1) is 27.7. The van der Waals surface area contributed by atoms with Crippen LogP contribution in [-0.4, -0.2) is 14.1 Å². The molecule has 0 amide bonds. The smallest absolute Gasteiger partial charge is 0.269 e. The van der Waals surface area contributed by atoms with Crippen molar-refractivity contribution in [2.24, 2.45) is 0 Å². The van der Waals surface area contributed by atoms with E-state index in [1.165, 1.54) is 22.3 Å². The van der Waals surface area contributed by atoms with E-state index in [9.17, 15) is 5.48 Å². The summed E-state index contributed by atoms with van der Waals surface area (Å²) in [7, 11) is 0. The number of imidazole rings is 1. The topological polar surface area (TPSA) is 35.9 Å². The van der Waals surface area contributed by atoms with Crippen molar-refractivity contribution in [1.29, 1.82) is 0 Å². The van der Waals surface area contributed by atoms with Gasteiger partial charge in [-0.3, -0.25) is 13.7 Å². The van der Waals surface area contributed by atoms with Crippen molar-refractivity contribution < 1.29 is 20.3 Å². The molecule has 0 spiro atoms. The number of hydrogen-bond acceptors (Lipinski definition) is 2. The van der Waals surface area contributed by atoms with Crippen LogP contribution >= 0.6 is 0 Å². The Labute approximate surface area is 370 Å². The van der Waals surface area contributed by atoms with Crippen LogP contribution in [0.15, 0.2) is 194 Å². The Hall–Kier alpha value is -8.02. The number of pyridine rings is 1. The van der Waals surface area contributed by atoms with Crippen molar-refractivity contribution in [2.75, 3.05) is 0 Å². The zero-order valence-electron chi connectivity index (χ0n) is 41.6. The second-order valence-corrected chi connectivity index (χ2v) is 16.4. The number of fused-ring (bicyclic) bond motifs is 13. The van der Waals surface area contributed by atoms with E-state index >= 15 is 0 Å². The lowest BCUT2D eigenvalue weighted by Gasteiger charge is -2.21. The minimum Gasteiger partial charge on any atom is -0.458 e. The fraction of sp³-hybridized carbons (Fsp3) is 0.0526. The Balaban J connectivity index is 0.977. The van der Waals surface area contributed by atoms with Crippen molar-refractivity contribution in [1.82, 2.24) is 14.1 Å². The summed E-state index contributed by atoms with van der Waals surface area (Å²) in [6, 6.07) is 42.2. The highest BCUT2D eigenvalue weighted by Crippen LogP contribution is 2.49. The van der Waals surface area contributed by atoms with E-state index in [0.29, 0.717) is 45.0 Å². The molecule has 1 aliphatic carbocycles. The molecule has 0 bridgehead atoms. The van der Waals surface area contributed by atoms with E-state index in [2.05, 4.69) is 73.3 Å². The summed E-state index contributed by atoms with van der Waals surface area (Å²) in [4.78, 5) is 5.11. The van der Waals surface area contributed by atoms with Gasteiger partial charge < -0.3 is 4.74 Å². The highest BCUT2D eigenvalue weighted by molar-refractivity contribution is 6.09. The molecule has 4 heterocycles. The lowest BCUT2D eigenvalue weighted by molar-refractivity contribution is -0.571. The van der Waals surface area contributed by atoms with E-state index < -0.39 is 36.3 Å². The summed E-state index contributed by atoms with van der Waals surface area (Å²) in [5, 5.41) is 2.16. The third-order valence-electron chi connectivity index (χ3n) is 12.6. The maximum atomic E-state index is 9.37. The number of benzene rings is 8. The zero-order valence-corrected chi connectivity index (χ0v) is 33.6. The summed E-state index contributed by atoms with van der Waals surface area (Å²) in [6.45, 7) is 4.50. The second-order valence-electron chi connectivity index (χ2n) is 16.4. The van der Waals surface area contributed by atoms with E-state index in [4.69, 9.17) is 15.2 Å². The van der Waals surface area contributed by atoms with E-state index in [1.807, 2.05) is 88.1 Å². The Morgan fingerprint density at radius 3 is 2.03 bits per heavy atom. The minimum atomic E-state index is -0.508. The first-order chi connectivity index (χ1) is 33.8. The van der Waals surface area contributed by atoms with Gasteiger partial charge in [-0.2, -0.15) is 0 Å². The molecule has 1 aliphatic heterocycles. The number of hydrogen-bond donors (Lipinski definition) is 0. The Bertz CT molecular complexity index is 4140. The zero-order chi connectivity index (χ0) is 48.1. The van der Waals surface area contributed by atoms with Crippen LogP contribution in [0.1, 0.15) is 35.9 Å². The van der Waals surface area contributed by atoms with Crippen LogP contribution in [0.3, 0.4) is 0 Å². The van der Waals surface area contributed by atoms with Gasteiger partial charge >= 0.3 is 0 Å². The fourth-order valence-corrected chi connectivity index (χ4v) is 9.79. The lowest BCUT2D eigenvalue weighted by Crippen LogP contribution is -2.30. The van der Waals surface area contributed by atoms with Crippen LogP contribution in [0.2, 0.25) is 0 Å². The highest BCUT2D eigenvalue weighted by atomic mass is 16.5. The van der Waals surface area contributed by atoms with Crippen LogP contribution in [0.25, 0.3) is 94.5 Å². The molecular weight excluding hydrogens is 757 g/mol. The van der Waals surface area contributed by atoms with Crippen LogP contribution < -0.4 is 9.30 Å². The Morgan fingerprint density at radius 1 is 0.548 bits per heavy atom.